The van der Waals surface area contributed by atoms with E-state index in [-0.39, 0.29) is 5.54 Å². The van der Waals surface area contributed by atoms with E-state index in [4.69, 9.17) is 4.74 Å². The molecule has 0 aromatic carbocycles. The van der Waals surface area contributed by atoms with Gasteiger partial charge in [0.2, 0.25) is 0 Å². The van der Waals surface area contributed by atoms with Crippen LogP contribution in [0.5, 0.6) is 0 Å². The van der Waals surface area contributed by atoms with E-state index in [0.717, 1.165) is 39.3 Å². The first-order valence-electron chi connectivity index (χ1n) is 7.67. The van der Waals surface area contributed by atoms with Crippen LogP contribution in [0.4, 0.5) is 0 Å². The Morgan fingerprint density at radius 1 is 1.35 bits per heavy atom. The SMILES string of the molecule is CCc1ccc(C(C)NCC(C)(C)N2CCOCC2)s1. The fourth-order valence-corrected chi connectivity index (χ4v) is 3.58. The van der Waals surface area contributed by atoms with Crippen molar-refractivity contribution in [2.75, 3.05) is 32.8 Å². The van der Waals surface area contributed by atoms with Gasteiger partial charge < -0.3 is 10.1 Å². The molecular formula is C16H28N2OS. The summed E-state index contributed by atoms with van der Waals surface area (Å²) in [6, 6.07) is 4.95. The van der Waals surface area contributed by atoms with Crippen molar-refractivity contribution in [3.8, 4) is 0 Å². The molecule has 2 heterocycles. The molecule has 0 bridgehead atoms. The lowest BCUT2D eigenvalue weighted by Gasteiger charge is -2.41. The lowest BCUT2D eigenvalue weighted by atomic mass is 10.0. The molecule has 4 heteroatoms. The van der Waals surface area contributed by atoms with Crippen LogP contribution in [0.3, 0.4) is 0 Å². The average Bonchev–Trinajstić information content (AvgIpc) is 2.95. The molecule has 1 fully saturated rings. The highest BCUT2D eigenvalue weighted by Crippen LogP contribution is 2.24. The summed E-state index contributed by atoms with van der Waals surface area (Å²) >= 11 is 1.93. The molecule has 0 spiro atoms. The van der Waals surface area contributed by atoms with Gasteiger partial charge in [0, 0.05) is 41.0 Å². The maximum absolute atomic E-state index is 5.44. The van der Waals surface area contributed by atoms with Crippen molar-refractivity contribution in [3.63, 3.8) is 0 Å². The van der Waals surface area contributed by atoms with Gasteiger partial charge in [0.05, 0.1) is 13.2 Å². The first-order chi connectivity index (χ1) is 9.53. The third-order valence-corrected chi connectivity index (χ3v) is 5.58. The van der Waals surface area contributed by atoms with Crippen molar-refractivity contribution < 1.29 is 4.74 Å². The van der Waals surface area contributed by atoms with Crippen molar-refractivity contribution in [2.45, 2.75) is 45.7 Å². The third-order valence-electron chi connectivity index (χ3n) is 4.17. The molecule has 2 rings (SSSR count). The molecule has 0 aliphatic carbocycles. The summed E-state index contributed by atoms with van der Waals surface area (Å²) in [5.41, 5.74) is 0.183. The maximum atomic E-state index is 5.44. The number of rotatable bonds is 6. The number of thiophene rings is 1. The van der Waals surface area contributed by atoms with Gasteiger partial charge in [-0.3, -0.25) is 4.90 Å². The van der Waals surface area contributed by atoms with Crippen molar-refractivity contribution in [1.82, 2.24) is 10.2 Å². The minimum atomic E-state index is 0.183. The van der Waals surface area contributed by atoms with Gasteiger partial charge in [0.1, 0.15) is 0 Å². The zero-order valence-corrected chi connectivity index (χ0v) is 14.1. The van der Waals surface area contributed by atoms with Gasteiger partial charge in [0.15, 0.2) is 0 Å². The Hall–Kier alpha value is -0.420. The van der Waals surface area contributed by atoms with E-state index in [1.807, 2.05) is 11.3 Å². The van der Waals surface area contributed by atoms with Crippen molar-refractivity contribution in [3.05, 3.63) is 21.9 Å². The van der Waals surface area contributed by atoms with Gasteiger partial charge in [0.25, 0.3) is 0 Å². The van der Waals surface area contributed by atoms with Gasteiger partial charge in [-0.15, -0.1) is 11.3 Å². The van der Waals surface area contributed by atoms with Crippen molar-refractivity contribution in [1.29, 1.82) is 0 Å². The van der Waals surface area contributed by atoms with E-state index in [9.17, 15) is 0 Å². The lowest BCUT2D eigenvalue weighted by Crippen LogP contribution is -2.54. The number of nitrogens with one attached hydrogen (secondary N) is 1. The second kappa shape index (κ2) is 7.03. The first-order valence-corrected chi connectivity index (χ1v) is 8.49. The highest BCUT2D eigenvalue weighted by molar-refractivity contribution is 7.12. The molecule has 114 valence electrons. The summed E-state index contributed by atoms with van der Waals surface area (Å²) in [7, 11) is 0. The molecule has 20 heavy (non-hydrogen) atoms. The standard InChI is InChI=1S/C16H28N2OS/c1-5-14-6-7-15(20-14)13(2)17-12-16(3,4)18-8-10-19-11-9-18/h6-7,13,17H,5,8-12H2,1-4H3. The normalized spacial score (nSPS) is 19.2. The summed E-state index contributed by atoms with van der Waals surface area (Å²) in [4.78, 5) is 5.45. The van der Waals surface area contributed by atoms with E-state index in [1.165, 1.54) is 9.75 Å². The minimum Gasteiger partial charge on any atom is -0.379 e. The van der Waals surface area contributed by atoms with Gasteiger partial charge >= 0.3 is 0 Å². The van der Waals surface area contributed by atoms with Crippen LogP contribution in [0.2, 0.25) is 0 Å². The maximum Gasteiger partial charge on any atom is 0.0594 e. The summed E-state index contributed by atoms with van der Waals surface area (Å²) in [6.45, 7) is 14.0. The smallest absolute Gasteiger partial charge is 0.0594 e. The Morgan fingerprint density at radius 3 is 2.65 bits per heavy atom. The van der Waals surface area contributed by atoms with E-state index in [2.05, 4.69) is 50.0 Å². The predicted octanol–water partition coefficient (Wildman–Crippen LogP) is 3.07. The number of aryl methyl sites for hydroxylation is 1. The minimum absolute atomic E-state index is 0.183. The van der Waals surface area contributed by atoms with Gasteiger partial charge in [-0.05, 0) is 39.3 Å². The van der Waals surface area contributed by atoms with Crippen molar-refractivity contribution in [2.24, 2.45) is 0 Å². The number of ether oxygens (including phenoxy) is 1. The first kappa shape index (κ1) is 16.0. The predicted molar refractivity (Wildman–Crippen MR) is 86.6 cm³/mol. The van der Waals surface area contributed by atoms with Crippen LogP contribution in [0, 0.1) is 0 Å². The zero-order valence-electron chi connectivity index (χ0n) is 13.2. The second-order valence-corrected chi connectivity index (χ2v) is 7.37. The number of hydrogen-bond donors (Lipinski definition) is 1. The van der Waals surface area contributed by atoms with Gasteiger partial charge in [-0.25, -0.2) is 0 Å². The van der Waals surface area contributed by atoms with E-state index < -0.39 is 0 Å². The van der Waals surface area contributed by atoms with Crippen LogP contribution in [0.1, 0.15) is 43.5 Å². The molecule has 1 aliphatic heterocycles. The van der Waals surface area contributed by atoms with E-state index in [1.54, 1.807) is 0 Å². The molecule has 1 N–H and O–H groups in total. The van der Waals surface area contributed by atoms with E-state index >= 15 is 0 Å². The van der Waals surface area contributed by atoms with Crippen LogP contribution >= 0.6 is 11.3 Å². The summed E-state index contributed by atoms with van der Waals surface area (Å²) in [6.07, 6.45) is 1.14. The number of morpholine rings is 1. The Bertz CT molecular complexity index is 410. The Balaban J connectivity index is 1.86. The Labute approximate surface area is 127 Å². The molecular weight excluding hydrogens is 268 g/mol. The van der Waals surface area contributed by atoms with E-state index in [0.29, 0.717) is 6.04 Å². The molecule has 0 amide bonds. The van der Waals surface area contributed by atoms with Gasteiger partial charge in [-0.2, -0.15) is 0 Å². The molecule has 0 radical (unpaired) electrons. The highest BCUT2D eigenvalue weighted by atomic mass is 32.1. The largest absolute Gasteiger partial charge is 0.379 e. The van der Waals surface area contributed by atoms with Crippen molar-refractivity contribution >= 4 is 11.3 Å². The number of nitrogens with zero attached hydrogens (tertiary/aromatic N) is 1. The molecule has 1 unspecified atom stereocenters. The Kier molecular flexibility index (Phi) is 5.61. The van der Waals surface area contributed by atoms with Crippen LogP contribution in [0.15, 0.2) is 12.1 Å². The summed E-state index contributed by atoms with van der Waals surface area (Å²) < 4.78 is 5.44. The van der Waals surface area contributed by atoms with Crippen LogP contribution in [-0.4, -0.2) is 43.3 Å². The molecule has 1 atom stereocenters. The molecule has 1 saturated heterocycles. The average molecular weight is 296 g/mol. The molecule has 1 aromatic heterocycles. The summed E-state index contributed by atoms with van der Waals surface area (Å²) in [5, 5.41) is 3.70. The summed E-state index contributed by atoms with van der Waals surface area (Å²) in [5.74, 6) is 0. The quantitative estimate of drug-likeness (QED) is 0.873. The number of hydrogen-bond acceptors (Lipinski definition) is 4. The van der Waals surface area contributed by atoms with Crippen LogP contribution in [0.25, 0.3) is 0 Å². The lowest BCUT2D eigenvalue weighted by molar-refractivity contribution is -0.0102. The Morgan fingerprint density at radius 2 is 2.05 bits per heavy atom. The van der Waals surface area contributed by atoms with Crippen LogP contribution in [-0.2, 0) is 11.2 Å². The fraction of sp³-hybridized carbons (Fsp3) is 0.750. The van der Waals surface area contributed by atoms with Crippen LogP contribution < -0.4 is 5.32 Å². The molecule has 3 nitrogen and oxygen atoms in total. The molecule has 0 saturated carbocycles. The topological polar surface area (TPSA) is 24.5 Å². The third kappa shape index (κ3) is 4.04. The molecule has 1 aliphatic rings. The highest BCUT2D eigenvalue weighted by Gasteiger charge is 2.28. The monoisotopic (exact) mass is 296 g/mol. The fourth-order valence-electron chi connectivity index (χ4n) is 2.60. The second-order valence-electron chi connectivity index (χ2n) is 6.17. The zero-order chi connectivity index (χ0) is 14.6. The van der Waals surface area contributed by atoms with Gasteiger partial charge in [-0.1, -0.05) is 6.92 Å². The molecule has 1 aromatic rings.